The third kappa shape index (κ3) is 2.57. The molecule has 4 nitrogen and oxygen atoms in total. The number of likely N-dealkylation sites (N-methyl/N-ethyl adjacent to an activating group) is 1. The quantitative estimate of drug-likeness (QED) is 0.868. The van der Waals surface area contributed by atoms with Gasteiger partial charge in [0, 0.05) is 25.8 Å². The second-order valence-corrected chi connectivity index (χ2v) is 5.31. The first-order chi connectivity index (χ1) is 10.2. The van der Waals surface area contributed by atoms with Crippen molar-refractivity contribution in [1.82, 2.24) is 0 Å². The number of amides is 2. The summed E-state index contributed by atoms with van der Waals surface area (Å²) in [6.45, 7) is 3.51. The molecule has 0 spiro atoms. The number of hydrogen-bond donors (Lipinski definition) is 1. The molecule has 0 fully saturated rings. The molecule has 0 aromatic heterocycles. The van der Waals surface area contributed by atoms with Gasteiger partial charge in [0.25, 0.3) is 0 Å². The number of hydrogen-bond acceptors (Lipinski definition) is 2. The lowest BCUT2D eigenvalue weighted by atomic mass is 10.2. The van der Waals surface area contributed by atoms with Crippen LogP contribution in [-0.2, 0) is 0 Å². The lowest BCUT2D eigenvalue weighted by Gasteiger charge is -2.35. The van der Waals surface area contributed by atoms with E-state index in [0.29, 0.717) is 6.54 Å². The maximum atomic E-state index is 12.6. The van der Waals surface area contributed by atoms with Crippen LogP contribution in [0.1, 0.15) is 5.56 Å². The Hall–Kier alpha value is -2.49. The molecule has 1 aliphatic rings. The van der Waals surface area contributed by atoms with Crippen LogP contribution in [0.4, 0.5) is 21.9 Å². The first kappa shape index (κ1) is 13.5. The van der Waals surface area contributed by atoms with Crippen LogP contribution in [0, 0.1) is 6.92 Å². The van der Waals surface area contributed by atoms with Crippen LogP contribution in [-0.4, -0.2) is 26.2 Å². The van der Waals surface area contributed by atoms with E-state index in [0.717, 1.165) is 29.2 Å². The van der Waals surface area contributed by atoms with Gasteiger partial charge in [0.2, 0.25) is 0 Å². The minimum atomic E-state index is -0.0788. The number of nitrogens with one attached hydrogen (secondary N) is 1. The molecule has 2 aromatic carbocycles. The first-order valence-electron chi connectivity index (χ1n) is 7.11. The molecule has 1 N–H and O–H groups in total. The molecule has 0 saturated carbocycles. The fraction of sp³-hybridized carbons (Fsp3) is 0.235. The van der Waals surface area contributed by atoms with Crippen molar-refractivity contribution in [3.8, 4) is 0 Å². The summed E-state index contributed by atoms with van der Waals surface area (Å²) in [6.07, 6.45) is 0. The molecule has 0 saturated heterocycles. The van der Waals surface area contributed by atoms with Crippen LogP contribution < -0.4 is 15.1 Å². The number of fused-ring (bicyclic) bond motifs is 1. The average Bonchev–Trinajstić information content (AvgIpc) is 2.50. The Kier molecular flexibility index (Phi) is 3.52. The Morgan fingerprint density at radius 3 is 2.43 bits per heavy atom. The summed E-state index contributed by atoms with van der Waals surface area (Å²) in [6, 6.07) is 15.7. The number of carbonyl (C=O) groups excluding carboxylic acids is 1. The third-order valence-corrected chi connectivity index (χ3v) is 3.87. The van der Waals surface area contributed by atoms with Gasteiger partial charge >= 0.3 is 6.03 Å². The van der Waals surface area contributed by atoms with Crippen LogP contribution >= 0.6 is 0 Å². The highest BCUT2D eigenvalue weighted by atomic mass is 16.2. The Balaban J connectivity index is 1.86. The molecule has 21 heavy (non-hydrogen) atoms. The second-order valence-electron chi connectivity index (χ2n) is 5.31. The van der Waals surface area contributed by atoms with Crippen molar-refractivity contribution in [2.75, 3.05) is 35.3 Å². The number of carbonyl (C=O) groups is 1. The van der Waals surface area contributed by atoms with Crippen molar-refractivity contribution in [3.05, 3.63) is 54.1 Å². The van der Waals surface area contributed by atoms with Gasteiger partial charge in [-0.25, -0.2) is 4.79 Å². The van der Waals surface area contributed by atoms with E-state index >= 15 is 0 Å². The van der Waals surface area contributed by atoms with E-state index in [9.17, 15) is 4.79 Å². The van der Waals surface area contributed by atoms with Crippen LogP contribution in [0.2, 0.25) is 0 Å². The molecule has 3 rings (SSSR count). The summed E-state index contributed by atoms with van der Waals surface area (Å²) in [5.41, 5.74) is 3.97. The molecule has 0 bridgehead atoms. The summed E-state index contributed by atoms with van der Waals surface area (Å²) >= 11 is 0. The van der Waals surface area contributed by atoms with Crippen molar-refractivity contribution in [2.24, 2.45) is 0 Å². The molecule has 0 atom stereocenters. The van der Waals surface area contributed by atoms with Gasteiger partial charge in [0.05, 0.1) is 11.4 Å². The highest BCUT2D eigenvalue weighted by molar-refractivity contribution is 6.04. The Bertz CT molecular complexity index is 669. The van der Waals surface area contributed by atoms with Gasteiger partial charge in [0.1, 0.15) is 0 Å². The van der Waals surface area contributed by atoms with E-state index in [1.54, 1.807) is 0 Å². The minimum Gasteiger partial charge on any atom is -0.371 e. The monoisotopic (exact) mass is 281 g/mol. The van der Waals surface area contributed by atoms with Gasteiger partial charge in [-0.15, -0.1) is 0 Å². The summed E-state index contributed by atoms with van der Waals surface area (Å²) in [4.78, 5) is 16.6. The number of para-hydroxylation sites is 3. The molecule has 108 valence electrons. The molecule has 1 heterocycles. The molecule has 2 aromatic rings. The summed E-state index contributed by atoms with van der Waals surface area (Å²) in [5, 5.41) is 3.00. The number of benzene rings is 2. The molecule has 0 unspecified atom stereocenters. The molecule has 0 aliphatic carbocycles. The molecule has 1 aliphatic heterocycles. The SMILES string of the molecule is Cc1ccccc1NC(=O)N1CCN(C)c2ccccc21. The number of urea groups is 1. The maximum Gasteiger partial charge on any atom is 0.326 e. The van der Waals surface area contributed by atoms with Crippen LogP contribution in [0.3, 0.4) is 0 Å². The van der Waals surface area contributed by atoms with E-state index < -0.39 is 0 Å². The smallest absolute Gasteiger partial charge is 0.326 e. The molecule has 4 heteroatoms. The van der Waals surface area contributed by atoms with Crippen LogP contribution in [0.5, 0.6) is 0 Å². The van der Waals surface area contributed by atoms with E-state index in [-0.39, 0.29) is 6.03 Å². The fourth-order valence-corrected chi connectivity index (χ4v) is 2.61. The predicted molar refractivity (Wildman–Crippen MR) is 87.3 cm³/mol. The van der Waals surface area contributed by atoms with Gasteiger partial charge in [-0.3, -0.25) is 4.90 Å². The Morgan fingerprint density at radius 1 is 1.00 bits per heavy atom. The van der Waals surface area contributed by atoms with Crippen LogP contribution in [0.15, 0.2) is 48.5 Å². The highest BCUT2D eigenvalue weighted by Crippen LogP contribution is 2.32. The molecular formula is C17H19N3O. The van der Waals surface area contributed by atoms with Gasteiger partial charge < -0.3 is 10.2 Å². The first-order valence-corrected chi connectivity index (χ1v) is 7.11. The lowest BCUT2D eigenvalue weighted by Crippen LogP contribution is -2.44. The van der Waals surface area contributed by atoms with Gasteiger partial charge in [-0.05, 0) is 30.7 Å². The van der Waals surface area contributed by atoms with E-state index in [2.05, 4.69) is 17.3 Å². The van der Waals surface area contributed by atoms with Crippen molar-refractivity contribution in [1.29, 1.82) is 0 Å². The van der Waals surface area contributed by atoms with Gasteiger partial charge in [0.15, 0.2) is 0 Å². The molecule has 2 amide bonds. The van der Waals surface area contributed by atoms with Crippen LogP contribution in [0.25, 0.3) is 0 Å². The number of anilines is 3. The zero-order valence-corrected chi connectivity index (χ0v) is 12.3. The van der Waals surface area contributed by atoms with Crippen molar-refractivity contribution in [3.63, 3.8) is 0 Å². The minimum absolute atomic E-state index is 0.0788. The number of nitrogens with zero attached hydrogens (tertiary/aromatic N) is 2. The lowest BCUT2D eigenvalue weighted by molar-refractivity contribution is 0.257. The molecule has 0 radical (unpaired) electrons. The van der Waals surface area contributed by atoms with E-state index in [1.807, 2.05) is 60.4 Å². The average molecular weight is 281 g/mol. The largest absolute Gasteiger partial charge is 0.371 e. The van der Waals surface area contributed by atoms with Gasteiger partial charge in [-0.1, -0.05) is 30.3 Å². The predicted octanol–water partition coefficient (Wildman–Crippen LogP) is 3.48. The number of rotatable bonds is 1. The van der Waals surface area contributed by atoms with Gasteiger partial charge in [-0.2, -0.15) is 0 Å². The topological polar surface area (TPSA) is 35.6 Å². The second kappa shape index (κ2) is 5.48. The Morgan fingerprint density at radius 2 is 1.67 bits per heavy atom. The standard InChI is InChI=1S/C17H19N3O/c1-13-7-3-4-8-14(13)18-17(21)20-12-11-19(2)15-9-5-6-10-16(15)20/h3-10H,11-12H2,1-2H3,(H,18,21). The highest BCUT2D eigenvalue weighted by Gasteiger charge is 2.24. The third-order valence-electron chi connectivity index (χ3n) is 3.87. The zero-order chi connectivity index (χ0) is 14.8. The van der Waals surface area contributed by atoms with E-state index in [1.165, 1.54) is 0 Å². The Labute approximate surface area is 125 Å². The van der Waals surface area contributed by atoms with Crippen molar-refractivity contribution in [2.45, 2.75) is 6.92 Å². The summed E-state index contributed by atoms with van der Waals surface area (Å²) in [7, 11) is 2.05. The normalized spacial score (nSPS) is 13.8. The fourth-order valence-electron chi connectivity index (χ4n) is 2.61. The summed E-state index contributed by atoms with van der Waals surface area (Å²) in [5.74, 6) is 0. The van der Waals surface area contributed by atoms with Crippen molar-refractivity contribution >= 4 is 23.1 Å². The van der Waals surface area contributed by atoms with E-state index in [4.69, 9.17) is 0 Å². The number of aryl methyl sites for hydroxylation is 1. The van der Waals surface area contributed by atoms with Crippen molar-refractivity contribution < 1.29 is 4.79 Å². The molecular weight excluding hydrogens is 262 g/mol. The zero-order valence-electron chi connectivity index (χ0n) is 12.3. The summed E-state index contributed by atoms with van der Waals surface area (Å²) < 4.78 is 0. The maximum absolute atomic E-state index is 12.6.